The number of hydrogen-bond acceptors (Lipinski definition) is 5. The van der Waals surface area contributed by atoms with Crippen molar-refractivity contribution < 1.29 is 9.32 Å². The Hall–Kier alpha value is -2.79. The number of pyridine rings is 1. The lowest BCUT2D eigenvalue weighted by Gasteiger charge is -2.09. The Morgan fingerprint density at radius 3 is 2.61 bits per heavy atom. The lowest BCUT2D eigenvalue weighted by atomic mass is 10.0. The van der Waals surface area contributed by atoms with Crippen molar-refractivity contribution in [3.63, 3.8) is 0 Å². The van der Waals surface area contributed by atoms with E-state index < -0.39 is 6.04 Å². The molecule has 3 rings (SSSR count). The van der Waals surface area contributed by atoms with Crippen LogP contribution in [0.2, 0.25) is 0 Å². The molecule has 0 aliphatic heterocycles. The molecule has 1 aromatic carbocycles. The molecule has 0 aliphatic rings. The van der Waals surface area contributed by atoms with Crippen molar-refractivity contribution in [1.82, 2.24) is 10.1 Å². The summed E-state index contributed by atoms with van der Waals surface area (Å²) in [6, 6.07) is 14.6. The van der Waals surface area contributed by atoms with Crippen LogP contribution in [-0.2, 0) is 17.6 Å². The van der Waals surface area contributed by atoms with Gasteiger partial charge >= 0.3 is 0 Å². The highest BCUT2D eigenvalue weighted by atomic mass is 16.5. The minimum absolute atomic E-state index is 0.0636. The summed E-state index contributed by atoms with van der Waals surface area (Å²) in [5.41, 5.74) is 8.63. The van der Waals surface area contributed by atoms with E-state index in [1.54, 1.807) is 18.5 Å². The molecule has 2 heterocycles. The van der Waals surface area contributed by atoms with E-state index in [9.17, 15) is 4.79 Å². The first-order chi connectivity index (χ1) is 11.2. The maximum atomic E-state index is 12.2. The monoisotopic (exact) mass is 307 g/mol. The summed E-state index contributed by atoms with van der Waals surface area (Å²) in [5.74, 6) is 0.455. The maximum absolute atomic E-state index is 12.2. The lowest BCUT2D eigenvalue weighted by Crippen LogP contribution is -2.33. The lowest BCUT2D eigenvalue weighted by molar-refractivity contribution is -0.119. The second-order valence-corrected chi connectivity index (χ2v) is 5.35. The molecule has 0 amide bonds. The fourth-order valence-electron chi connectivity index (χ4n) is 2.34. The number of Topliss-reactive ketones (excluding diaryl/α,β-unsaturated/α-hetero) is 1. The zero-order valence-electron chi connectivity index (χ0n) is 12.6. The highest BCUT2D eigenvalue weighted by molar-refractivity contribution is 5.85. The summed E-state index contributed by atoms with van der Waals surface area (Å²) < 4.78 is 5.24. The molecule has 0 fully saturated rings. The predicted molar refractivity (Wildman–Crippen MR) is 86.6 cm³/mol. The second-order valence-electron chi connectivity index (χ2n) is 5.35. The van der Waals surface area contributed by atoms with Crippen LogP contribution in [-0.4, -0.2) is 22.0 Å². The molecular formula is C18H17N3O2. The van der Waals surface area contributed by atoms with Gasteiger partial charge in [0.25, 0.3) is 0 Å². The molecule has 0 radical (unpaired) electrons. The second kappa shape index (κ2) is 6.98. The SMILES string of the molecule is N[C@@H](Cc1ccccc1)C(=O)Cc1cc(-c2ccncc2)no1. The van der Waals surface area contributed by atoms with Crippen LogP contribution in [0.25, 0.3) is 11.3 Å². The van der Waals surface area contributed by atoms with Crippen molar-refractivity contribution in [2.24, 2.45) is 5.73 Å². The summed E-state index contributed by atoms with van der Waals surface area (Å²) in [7, 11) is 0. The zero-order valence-corrected chi connectivity index (χ0v) is 12.6. The average Bonchev–Trinajstić information content (AvgIpc) is 3.05. The molecular weight excluding hydrogens is 290 g/mol. The van der Waals surface area contributed by atoms with Crippen molar-refractivity contribution in [3.8, 4) is 11.3 Å². The molecule has 0 saturated carbocycles. The molecule has 23 heavy (non-hydrogen) atoms. The van der Waals surface area contributed by atoms with Crippen molar-refractivity contribution in [3.05, 3.63) is 72.2 Å². The summed E-state index contributed by atoms with van der Waals surface area (Å²) in [6.45, 7) is 0. The van der Waals surface area contributed by atoms with E-state index in [0.29, 0.717) is 17.9 Å². The quantitative estimate of drug-likeness (QED) is 0.756. The summed E-state index contributed by atoms with van der Waals surface area (Å²) in [5, 5.41) is 3.99. The fourth-order valence-corrected chi connectivity index (χ4v) is 2.34. The Bertz CT molecular complexity index is 769. The smallest absolute Gasteiger partial charge is 0.157 e. The topological polar surface area (TPSA) is 82.0 Å². The molecule has 0 aliphatic carbocycles. The third kappa shape index (κ3) is 3.90. The van der Waals surface area contributed by atoms with Crippen LogP contribution in [0.3, 0.4) is 0 Å². The molecule has 0 saturated heterocycles. The molecule has 1 atom stereocenters. The molecule has 2 N–H and O–H groups in total. The molecule has 3 aromatic rings. The first kappa shape index (κ1) is 15.1. The number of rotatable bonds is 6. The van der Waals surface area contributed by atoms with Crippen LogP contribution < -0.4 is 5.73 Å². The Kier molecular flexibility index (Phi) is 4.59. The summed E-state index contributed by atoms with van der Waals surface area (Å²) in [4.78, 5) is 16.2. The van der Waals surface area contributed by atoms with Gasteiger partial charge in [-0.3, -0.25) is 9.78 Å². The molecule has 2 aromatic heterocycles. The molecule has 5 nitrogen and oxygen atoms in total. The Morgan fingerprint density at radius 1 is 1.13 bits per heavy atom. The van der Waals surface area contributed by atoms with Crippen LogP contribution in [0, 0.1) is 0 Å². The first-order valence-electron chi connectivity index (χ1n) is 7.40. The van der Waals surface area contributed by atoms with E-state index in [0.717, 1.165) is 11.1 Å². The largest absolute Gasteiger partial charge is 0.360 e. The minimum atomic E-state index is -0.549. The first-order valence-corrected chi connectivity index (χ1v) is 7.40. The van der Waals surface area contributed by atoms with E-state index in [1.165, 1.54) is 0 Å². The number of carbonyl (C=O) groups is 1. The van der Waals surface area contributed by atoms with Gasteiger partial charge in [-0.2, -0.15) is 0 Å². The number of hydrogen-bond donors (Lipinski definition) is 1. The van der Waals surface area contributed by atoms with Crippen molar-refractivity contribution in [1.29, 1.82) is 0 Å². The highest BCUT2D eigenvalue weighted by Gasteiger charge is 2.17. The fraction of sp³-hybridized carbons (Fsp3) is 0.167. The number of ketones is 1. The van der Waals surface area contributed by atoms with Gasteiger partial charge in [0.15, 0.2) is 5.78 Å². The van der Waals surface area contributed by atoms with Gasteiger partial charge in [-0.05, 0) is 24.1 Å². The maximum Gasteiger partial charge on any atom is 0.157 e. The average molecular weight is 307 g/mol. The standard InChI is InChI=1S/C18H17N3O2/c19-16(10-13-4-2-1-3-5-13)18(22)12-15-11-17(21-23-15)14-6-8-20-9-7-14/h1-9,11,16H,10,12,19H2/t16-/m0/s1. The Labute approximate surface area is 134 Å². The summed E-state index contributed by atoms with van der Waals surface area (Å²) >= 11 is 0. The molecule has 5 heteroatoms. The van der Waals surface area contributed by atoms with Crippen molar-refractivity contribution in [2.75, 3.05) is 0 Å². The van der Waals surface area contributed by atoms with Gasteiger partial charge in [-0.25, -0.2) is 0 Å². The zero-order chi connectivity index (χ0) is 16.1. The van der Waals surface area contributed by atoms with E-state index >= 15 is 0 Å². The van der Waals surface area contributed by atoms with Crippen LogP contribution >= 0.6 is 0 Å². The number of nitrogens with two attached hydrogens (primary N) is 1. The van der Waals surface area contributed by atoms with Gasteiger partial charge < -0.3 is 10.3 Å². The van der Waals surface area contributed by atoms with E-state index in [-0.39, 0.29) is 12.2 Å². The van der Waals surface area contributed by atoms with Gasteiger partial charge in [0, 0.05) is 24.0 Å². The van der Waals surface area contributed by atoms with Crippen LogP contribution in [0.1, 0.15) is 11.3 Å². The summed E-state index contributed by atoms with van der Waals surface area (Å²) in [6.07, 6.45) is 4.03. The molecule has 0 unspecified atom stereocenters. The minimum Gasteiger partial charge on any atom is -0.360 e. The van der Waals surface area contributed by atoms with Crippen molar-refractivity contribution >= 4 is 5.78 Å². The molecule has 0 spiro atoms. The molecule has 116 valence electrons. The normalized spacial score (nSPS) is 12.0. The third-order valence-electron chi connectivity index (χ3n) is 3.60. The highest BCUT2D eigenvalue weighted by Crippen LogP contribution is 2.18. The van der Waals surface area contributed by atoms with Crippen molar-refractivity contribution in [2.45, 2.75) is 18.9 Å². The van der Waals surface area contributed by atoms with E-state index in [2.05, 4.69) is 10.1 Å². The number of nitrogens with zero attached hydrogens (tertiary/aromatic N) is 2. The van der Waals surface area contributed by atoms with E-state index in [4.69, 9.17) is 10.3 Å². The van der Waals surface area contributed by atoms with Crippen LogP contribution in [0.5, 0.6) is 0 Å². The van der Waals surface area contributed by atoms with Crippen LogP contribution in [0.4, 0.5) is 0 Å². The van der Waals surface area contributed by atoms with E-state index in [1.807, 2.05) is 42.5 Å². The molecule has 0 bridgehead atoms. The number of benzene rings is 1. The van der Waals surface area contributed by atoms with Crippen LogP contribution in [0.15, 0.2) is 65.4 Å². The number of aromatic nitrogens is 2. The number of carbonyl (C=O) groups excluding carboxylic acids is 1. The van der Waals surface area contributed by atoms with Gasteiger partial charge in [0.1, 0.15) is 11.5 Å². The van der Waals surface area contributed by atoms with Gasteiger partial charge in [0.05, 0.1) is 12.5 Å². The van der Waals surface area contributed by atoms with Gasteiger partial charge in [-0.1, -0.05) is 35.5 Å². The Balaban J connectivity index is 1.63. The third-order valence-corrected chi connectivity index (χ3v) is 3.60. The van der Waals surface area contributed by atoms with Gasteiger partial charge in [0.2, 0.25) is 0 Å². The van der Waals surface area contributed by atoms with Gasteiger partial charge in [-0.15, -0.1) is 0 Å². The Morgan fingerprint density at radius 2 is 1.87 bits per heavy atom. The predicted octanol–water partition coefficient (Wildman–Crippen LogP) is 2.42.